The van der Waals surface area contributed by atoms with Crippen LogP contribution in [0.5, 0.6) is 0 Å². The Morgan fingerprint density at radius 3 is 3.40 bits per heavy atom. The minimum Gasteiger partial charge on any atom is -0.381 e. The number of aromatic amines is 1. The molecule has 53 valence electrons. The first-order valence-corrected chi connectivity index (χ1v) is 3.46. The molecule has 0 amide bonds. The third-order valence-electron chi connectivity index (χ3n) is 1.79. The third-order valence-corrected chi connectivity index (χ3v) is 1.79. The lowest BCUT2D eigenvalue weighted by molar-refractivity contribution is 0.193. The maximum absolute atomic E-state index is 5.21. The smallest absolute Gasteiger partial charge is 0.0756 e. The lowest BCUT2D eigenvalue weighted by Crippen LogP contribution is -1.97. The standard InChI is InChI=1S/C7H9N2O/c1-3-8-9-7(1)6-2-4-10-5-6/h3,6H,2,4-5H2,(H,8,9). The van der Waals surface area contributed by atoms with Gasteiger partial charge in [-0.05, 0) is 6.42 Å². The van der Waals surface area contributed by atoms with Crippen molar-refractivity contribution in [2.24, 2.45) is 0 Å². The van der Waals surface area contributed by atoms with E-state index in [4.69, 9.17) is 4.74 Å². The van der Waals surface area contributed by atoms with Crippen LogP contribution in [0.25, 0.3) is 0 Å². The highest BCUT2D eigenvalue weighted by Gasteiger charge is 2.18. The van der Waals surface area contributed by atoms with E-state index < -0.39 is 0 Å². The van der Waals surface area contributed by atoms with Gasteiger partial charge in [0.15, 0.2) is 0 Å². The van der Waals surface area contributed by atoms with Gasteiger partial charge in [0.05, 0.1) is 12.3 Å². The first kappa shape index (κ1) is 5.92. The Morgan fingerprint density at radius 2 is 2.80 bits per heavy atom. The molecule has 0 aromatic carbocycles. The molecular weight excluding hydrogens is 128 g/mol. The van der Waals surface area contributed by atoms with Crippen LogP contribution in [0, 0.1) is 6.07 Å². The van der Waals surface area contributed by atoms with Crippen molar-refractivity contribution in [3.8, 4) is 0 Å². The van der Waals surface area contributed by atoms with E-state index in [0.29, 0.717) is 5.92 Å². The number of nitrogens with one attached hydrogen (secondary N) is 1. The molecule has 1 fully saturated rings. The third kappa shape index (κ3) is 0.926. The van der Waals surface area contributed by atoms with Crippen molar-refractivity contribution >= 4 is 0 Å². The van der Waals surface area contributed by atoms with Crippen molar-refractivity contribution in [1.29, 1.82) is 0 Å². The van der Waals surface area contributed by atoms with Gasteiger partial charge in [0.1, 0.15) is 0 Å². The van der Waals surface area contributed by atoms with Crippen molar-refractivity contribution in [3.63, 3.8) is 0 Å². The fourth-order valence-corrected chi connectivity index (χ4v) is 1.20. The van der Waals surface area contributed by atoms with Gasteiger partial charge in [0.2, 0.25) is 0 Å². The second-order valence-corrected chi connectivity index (χ2v) is 2.48. The molecule has 1 aromatic rings. The van der Waals surface area contributed by atoms with Gasteiger partial charge in [-0.1, -0.05) is 0 Å². The van der Waals surface area contributed by atoms with E-state index in [9.17, 15) is 0 Å². The molecule has 2 rings (SSSR count). The highest BCUT2D eigenvalue weighted by Crippen LogP contribution is 2.21. The van der Waals surface area contributed by atoms with Crippen LogP contribution >= 0.6 is 0 Å². The summed E-state index contributed by atoms with van der Waals surface area (Å²) >= 11 is 0. The molecule has 10 heavy (non-hydrogen) atoms. The van der Waals surface area contributed by atoms with E-state index in [1.165, 1.54) is 0 Å². The van der Waals surface area contributed by atoms with E-state index >= 15 is 0 Å². The average Bonchev–Trinajstić information content (AvgIpc) is 2.59. The van der Waals surface area contributed by atoms with Crippen LogP contribution in [0.2, 0.25) is 0 Å². The summed E-state index contributed by atoms with van der Waals surface area (Å²) in [6.07, 6.45) is 2.81. The van der Waals surface area contributed by atoms with Gasteiger partial charge in [0.25, 0.3) is 0 Å². The summed E-state index contributed by atoms with van der Waals surface area (Å²) < 4.78 is 5.21. The van der Waals surface area contributed by atoms with Crippen LogP contribution in [0.3, 0.4) is 0 Å². The molecule has 1 aliphatic heterocycles. The number of H-pyrrole nitrogens is 1. The van der Waals surface area contributed by atoms with E-state index in [1.54, 1.807) is 6.20 Å². The molecule has 0 bridgehead atoms. The SMILES string of the molecule is [c]1c[nH]nc1C1CCOC1. The molecule has 1 aliphatic rings. The molecule has 0 aliphatic carbocycles. The minimum absolute atomic E-state index is 0.478. The molecule has 1 aromatic heterocycles. The molecule has 0 spiro atoms. The zero-order chi connectivity index (χ0) is 6.81. The van der Waals surface area contributed by atoms with Gasteiger partial charge < -0.3 is 4.74 Å². The molecule has 2 heterocycles. The summed E-state index contributed by atoms with van der Waals surface area (Å²) in [5.74, 6) is 0.478. The van der Waals surface area contributed by atoms with Gasteiger partial charge in [-0.3, -0.25) is 5.10 Å². The maximum atomic E-state index is 5.21. The number of hydrogen-bond donors (Lipinski definition) is 1. The van der Waals surface area contributed by atoms with Crippen LogP contribution in [0.15, 0.2) is 6.20 Å². The van der Waals surface area contributed by atoms with E-state index in [1.807, 2.05) is 0 Å². The maximum Gasteiger partial charge on any atom is 0.0756 e. The van der Waals surface area contributed by atoms with Crippen molar-refractivity contribution in [2.75, 3.05) is 13.2 Å². The largest absolute Gasteiger partial charge is 0.381 e. The first-order valence-electron chi connectivity index (χ1n) is 3.46. The second kappa shape index (κ2) is 2.42. The molecule has 1 radical (unpaired) electrons. The monoisotopic (exact) mass is 137 g/mol. The summed E-state index contributed by atoms with van der Waals surface area (Å²) in [5.41, 5.74) is 1.01. The molecule has 1 atom stereocenters. The van der Waals surface area contributed by atoms with Crippen molar-refractivity contribution in [1.82, 2.24) is 10.2 Å². The summed E-state index contributed by atoms with van der Waals surface area (Å²) in [6, 6.07) is 3.03. The highest BCUT2D eigenvalue weighted by atomic mass is 16.5. The Kier molecular flexibility index (Phi) is 1.43. The first-order chi connectivity index (χ1) is 4.97. The molecule has 0 saturated carbocycles. The Morgan fingerprint density at radius 1 is 1.80 bits per heavy atom. The zero-order valence-electron chi connectivity index (χ0n) is 5.63. The van der Waals surface area contributed by atoms with Gasteiger partial charge in [0, 0.05) is 24.8 Å². The summed E-state index contributed by atoms with van der Waals surface area (Å²) in [5, 5.41) is 6.78. The zero-order valence-corrected chi connectivity index (χ0v) is 5.63. The average molecular weight is 137 g/mol. The Bertz CT molecular complexity index is 189. The van der Waals surface area contributed by atoms with E-state index in [0.717, 1.165) is 25.3 Å². The molecule has 1 saturated heterocycles. The molecule has 1 N–H and O–H groups in total. The van der Waals surface area contributed by atoms with Crippen molar-refractivity contribution in [2.45, 2.75) is 12.3 Å². The number of aromatic nitrogens is 2. The van der Waals surface area contributed by atoms with Crippen LogP contribution in [0.1, 0.15) is 18.0 Å². The predicted octanol–water partition coefficient (Wildman–Crippen LogP) is 0.714. The summed E-state index contributed by atoms with van der Waals surface area (Å²) in [4.78, 5) is 0. The van der Waals surface area contributed by atoms with E-state index in [-0.39, 0.29) is 0 Å². The second-order valence-electron chi connectivity index (χ2n) is 2.48. The predicted molar refractivity (Wildman–Crippen MR) is 35.6 cm³/mol. The molecular formula is C7H9N2O. The van der Waals surface area contributed by atoms with Crippen LogP contribution in [-0.4, -0.2) is 23.4 Å². The summed E-state index contributed by atoms with van der Waals surface area (Å²) in [6.45, 7) is 1.67. The summed E-state index contributed by atoms with van der Waals surface area (Å²) in [7, 11) is 0. The van der Waals surface area contributed by atoms with E-state index in [2.05, 4.69) is 16.3 Å². The minimum atomic E-state index is 0.478. The Hall–Kier alpha value is -0.830. The van der Waals surface area contributed by atoms with Gasteiger partial charge in [-0.25, -0.2) is 0 Å². The lowest BCUT2D eigenvalue weighted by Gasteiger charge is -1.99. The van der Waals surface area contributed by atoms with Gasteiger partial charge in [-0.2, -0.15) is 5.10 Å². The van der Waals surface area contributed by atoms with Crippen LogP contribution in [-0.2, 0) is 4.74 Å². The number of rotatable bonds is 1. The number of nitrogens with zero attached hydrogens (tertiary/aromatic N) is 1. The molecule has 3 heteroatoms. The quantitative estimate of drug-likeness (QED) is 0.619. The molecule has 1 unspecified atom stereocenters. The van der Waals surface area contributed by atoms with Crippen molar-refractivity contribution in [3.05, 3.63) is 18.0 Å². The van der Waals surface area contributed by atoms with Crippen LogP contribution in [0.4, 0.5) is 0 Å². The Labute approximate surface area is 59.4 Å². The highest BCUT2D eigenvalue weighted by molar-refractivity contribution is 5.04. The molecule has 3 nitrogen and oxygen atoms in total. The van der Waals surface area contributed by atoms with Gasteiger partial charge in [-0.15, -0.1) is 0 Å². The number of ether oxygens (including phenoxy) is 1. The normalized spacial score (nSPS) is 25.4. The fraction of sp³-hybridized carbons (Fsp3) is 0.571. The van der Waals surface area contributed by atoms with Crippen molar-refractivity contribution < 1.29 is 4.74 Å². The van der Waals surface area contributed by atoms with Crippen LogP contribution < -0.4 is 0 Å². The fourth-order valence-electron chi connectivity index (χ4n) is 1.20. The number of hydrogen-bond acceptors (Lipinski definition) is 2. The Balaban J connectivity index is 2.12. The topological polar surface area (TPSA) is 37.9 Å². The van der Waals surface area contributed by atoms with Gasteiger partial charge >= 0.3 is 0 Å². The lowest BCUT2D eigenvalue weighted by atomic mass is 10.1.